The van der Waals surface area contributed by atoms with Gasteiger partial charge in [-0.2, -0.15) is 0 Å². The first kappa shape index (κ1) is 18.7. The number of halogens is 2. The van der Waals surface area contributed by atoms with Gasteiger partial charge in [0.05, 0.1) is 16.0 Å². The lowest BCUT2D eigenvalue weighted by Crippen LogP contribution is -2.29. The van der Waals surface area contributed by atoms with Crippen LogP contribution in [0, 0.1) is 13.8 Å². The van der Waals surface area contributed by atoms with Gasteiger partial charge in [-0.25, -0.2) is 13.1 Å². The number of amides is 1. The van der Waals surface area contributed by atoms with Gasteiger partial charge in [-0.05, 0) is 49.2 Å². The summed E-state index contributed by atoms with van der Waals surface area (Å²) in [6.07, 6.45) is 1.45. The molecule has 0 unspecified atom stereocenters. The zero-order valence-electron chi connectivity index (χ0n) is 13.0. The van der Waals surface area contributed by atoms with Crippen molar-refractivity contribution in [3.05, 3.63) is 73.6 Å². The number of nitrogens with one attached hydrogen (secondary N) is 1. The van der Waals surface area contributed by atoms with E-state index in [4.69, 9.17) is 11.6 Å². The van der Waals surface area contributed by atoms with Crippen molar-refractivity contribution in [2.24, 2.45) is 0 Å². The third-order valence-corrected chi connectivity index (χ3v) is 5.03. The standard InChI is InChI=1S/C17H15BrClNO3S/c1-11-3-4-13(12(2)9-11)7-8-24(22,23)20-17(21)15-6-5-14(18)10-16(15)19/h3-10H,1-2H3,(H,20,21)/b8-7+. The van der Waals surface area contributed by atoms with E-state index in [1.54, 1.807) is 6.07 Å². The molecule has 0 aliphatic heterocycles. The molecule has 0 aliphatic rings. The van der Waals surface area contributed by atoms with Gasteiger partial charge < -0.3 is 0 Å². The zero-order valence-corrected chi connectivity index (χ0v) is 16.2. The van der Waals surface area contributed by atoms with Crippen LogP contribution in [0.1, 0.15) is 27.0 Å². The van der Waals surface area contributed by atoms with E-state index in [1.165, 1.54) is 18.2 Å². The topological polar surface area (TPSA) is 63.2 Å². The molecule has 2 aromatic carbocycles. The predicted molar refractivity (Wildman–Crippen MR) is 100 cm³/mol. The molecule has 0 fully saturated rings. The average Bonchev–Trinajstić information content (AvgIpc) is 2.45. The van der Waals surface area contributed by atoms with Crippen LogP contribution in [0.15, 0.2) is 46.3 Å². The lowest BCUT2D eigenvalue weighted by molar-refractivity contribution is 0.0982. The Hall–Kier alpha value is -1.63. The third kappa shape index (κ3) is 4.93. The van der Waals surface area contributed by atoms with E-state index in [9.17, 15) is 13.2 Å². The molecule has 126 valence electrons. The van der Waals surface area contributed by atoms with Gasteiger partial charge in [-0.15, -0.1) is 0 Å². The molecule has 1 N–H and O–H groups in total. The number of carbonyl (C=O) groups is 1. The monoisotopic (exact) mass is 427 g/mol. The Labute approximate surface area is 154 Å². The second-order valence-corrected chi connectivity index (χ2v) is 8.15. The van der Waals surface area contributed by atoms with Crippen molar-refractivity contribution in [3.8, 4) is 0 Å². The second-order valence-electron chi connectivity index (χ2n) is 5.26. The summed E-state index contributed by atoms with van der Waals surface area (Å²) in [5, 5.41) is 1.13. The van der Waals surface area contributed by atoms with Crippen LogP contribution in [0.3, 0.4) is 0 Å². The quantitative estimate of drug-likeness (QED) is 0.782. The van der Waals surface area contributed by atoms with Gasteiger partial charge >= 0.3 is 0 Å². The Morgan fingerprint density at radius 1 is 1.17 bits per heavy atom. The van der Waals surface area contributed by atoms with Crippen molar-refractivity contribution < 1.29 is 13.2 Å². The van der Waals surface area contributed by atoms with Crippen LogP contribution in [0.5, 0.6) is 0 Å². The number of sulfonamides is 1. The van der Waals surface area contributed by atoms with Crippen LogP contribution < -0.4 is 4.72 Å². The molecule has 7 heteroatoms. The summed E-state index contributed by atoms with van der Waals surface area (Å²) in [5.74, 6) is -0.780. The van der Waals surface area contributed by atoms with Crippen LogP contribution in [0.2, 0.25) is 5.02 Å². The molecule has 0 radical (unpaired) electrons. The van der Waals surface area contributed by atoms with Crippen LogP contribution in [0.4, 0.5) is 0 Å². The van der Waals surface area contributed by atoms with E-state index in [1.807, 2.05) is 36.8 Å². The highest BCUT2D eigenvalue weighted by Gasteiger charge is 2.16. The molecule has 24 heavy (non-hydrogen) atoms. The maximum atomic E-state index is 12.1. The molecule has 0 aliphatic carbocycles. The molecule has 1 amide bonds. The van der Waals surface area contributed by atoms with Crippen molar-refractivity contribution in [1.82, 2.24) is 4.72 Å². The van der Waals surface area contributed by atoms with Crippen molar-refractivity contribution in [2.75, 3.05) is 0 Å². The molecular weight excluding hydrogens is 414 g/mol. The number of benzene rings is 2. The number of aryl methyl sites for hydroxylation is 2. The van der Waals surface area contributed by atoms with Gasteiger partial charge in [0.2, 0.25) is 0 Å². The number of carbonyl (C=O) groups excluding carboxylic acids is 1. The normalized spacial score (nSPS) is 11.7. The first-order chi connectivity index (χ1) is 11.2. The Morgan fingerprint density at radius 3 is 2.50 bits per heavy atom. The van der Waals surface area contributed by atoms with Gasteiger partial charge in [0, 0.05) is 4.47 Å². The Balaban J connectivity index is 2.18. The van der Waals surface area contributed by atoms with E-state index < -0.39 is 15.9 Å². The van der Waals surface area contributed by atoms with Gasteiger partial charge in [0.15, 0.2) is 0 Å². The van der Waals surface area contributed by atoms with Crippen LogP contribution >= 0.6 is 27.5 Å². The summed E-state index contributed by atoms with van der Waals surface area (Å²) in [6, 6.07) is 10.2. The highest BCUT2D eigenvalue weighted by molar-refractivity contribution is 9.10. The maximum Gasteiger partial charge on any atom is 0.266 e. The lowest BCUT2D eigenvalue weighted by Gasteiger charge is -2.06. The fourth-order valence-electron chi connectivity index (χ4n) is 2.07. The van der Waals surface area contributed by atoms with Crippen LogP contribution in [0.25, 0.3) is 6.08 Å². The fourth-order valence-corrected chi connectivity index (χ4v) is 3.59. The summed E-state index contributed by atoms with van der Waals surface area (Å²) in [5.41, 5.74) is 2.89. The highest BCUT2D eigenvalue weighted by atomic mass is 79.9. The molecule has 0 spiro atoms. The van der Waals surface area contributed by atoms with Crippen molar-refractivity contribution >= 4 is 49.5 Å². The summed E-state index contributed by atoms with van der Waals surface area (Å²) in [7, 11) is -3.93. The van der Waals surface area contributed by atoms with E-state index in [2.05, 4.69) is 15.9 Å². The van der Waals surface area contributed by atoms with Crippen LogP contribution in [-0.2, 0) is 10.0 Å². The molecule has 2 aromatic rings. The molecule has 0 atom stereocenters. The third-order valence-electron chi connectivity index (χ3n) is 3.26. The van der Waals surface area contributed by atoms with E-state index in [0.717, 1.165) is 22.1 Å². The van der Waals surface area contributed by atoms with Crippen molar-refractivity contribution in [1.29, 1.82) is 0 Å². The highest BCUT2D eigenvalue weighted by Crippen LogP contribution is 2.21. The molecule has 0 bridgehead atoms. The van der Waals surface area contributed by atoms with E-state index in [0.29, 0.717) is 4.47 Å². The lowest BCUT2D eigenvalue weighted by atomic mass is 10.1. The summed E-state index contributed by atoms with van der Waals surface area (Å²) < 4.78 is 26.8. The molecule has 0 saturated carbocycles. The zero-order chi connectivity index (χ0) is 17.9. The van der Waals surface area contributed by atoms with Crippen LogP contribution in [-0.4, -0.2) is 14.3 Å². The van der Waals surface area contributed by atoms with E-state index in [-0.39, 0.29) is 10.6 Å². The molecular formula is C17H15BrClNO3S. The summed E-state index contributed by atoms with van der Waals surface area (Å²) in [4.78, 5) is 12.1. The minimum Gasteiger partial charge on any atom is -0.268 e. The number of rotatable bonds is 4. The minimum absolute atomic E-state index is 0.0864. The number of hydrogen-bond donors (Lipinski definition) is 1. The van der Waals surface area contributed by atoms with Gasteiger partial charge in [0.1, 0.15) is 0 Å². The first-order valence-corrected chi connectivity index (χ1v) is 9.67. The fraction of sp³-hybridized carbons (Fsp3) is 0.118. The van der Waals surface area contributed by atoms with Gasteiger partial charge in [-0.3, -0.25) is 4.79 Å². The predicted octanol–water partition coefficient (Wildman–Crippen LogP) is 4.45. The molecule has 4 nitrogen and oxygen atoms in total. The van der Waals surface area contributed by atoms with Crippen molar-refractivity contribution in [2.45, 2.75) is 13.8 Å². The van der Waals surface area contributed by atoms with Crippen molar-refractivity contribution in [3.63, 3.8) is 0 Å². The molecule has 0 saturated heterocycles. The SMILES string of the molecule is Cc1ccc(/C=C/S(=O)(=O)NC(=O)c2ccc(Br)cc2Cl)c(C)c1. The largest absolute Gasteiger partial charge is 0.268 e. The first-order valence-electron chi connectivity index (χ1n) is 6.95. The smallest absolute Gasteiger partial charge is 0.266 e. The Bertz CT molecular complexity index is 923. The minimum atomic E-state index is -3.93. The second kappa shape index (κ2) is 7.51. The van der Waals surface area contributed by atoms with Gasteiger partial charge in [-0.1, -0.05) is 51.3 Å². The number of hydrogen-bond acceptors (Lipinski definition) is 3. The Kier molecular flexibility index (Phi) is 5.85. The summed E-state index contributed by atoms with van der Waals surface area (Å²) >= 11 is 9.18. The Morgan fingerprint density at radius 2 is 1.88 bits per heavy atom. The summed E-state index contributed by atoms with van der Waals surface area (Å²) in [6.45, 7) is 3.85. The van der Waals surface area contributed by atoms with E-state index >= 15 is 0 Å². The molecule has 0 aromatic heterocycles. The van der Waals surface area contributed by atoms with Gasteiger partial charge in [0.25, 0.3) is 15.9 Å². The average molecular weight is 429 g/mol. The molecule has 0 heterocycles. The maximum absolute atomic E-state index is 12.1. The molecule has 2 rings (SSSR count).